The van der Waals surface area contributed by atoms with Gasteiger partial charge in [-0.3, -0.25) is 4.79 Å². The van der Waals surface area contributed by atoms with E-state index in [-0.39, 0.29) is 13.0 Å². The van der Waals surface area contributed by atoms with E-state index in [9.17, 15) is 4.79 Å². The molecule has 0 rings (SSSR count). The van der Waals surface area contributed by atoms with E-state index in [1.54, 1.807) is 6.92 Å². The summed E-state index contributed by atoms with van der Waals surface area (Å²) >= 11 is 0. The molecule has 0 aromatic heterocycles. The number of azide groups is 1. The summed E-state index contributed by atoms with van der Waals surface area (Å²) in [6.45, 7) is 4.26. The molecule has 142 valence electrons. The molecule has 0 amide bonds. The predicted octanol–water partition coefficient (Wildman–Crippen LogP) is 6.32. The Morgan fingerprint density at radius 1 is 0.960 bits per heavy atom. The summed E-state index contributed by atoms with van der Waals surface area (Å²) < 4.78 is 4.85. The number of ether oxygens (including phenoxy) is 1. The van der Waals surface area contributed by atoms with Gasteiger partial charge in [-0.1, -0.05) is 76.2 Å². The number of unbranched alkanes of at least 4 members (excludes halogenated alkanes) is 11. The van der Waals surface area contributed by atoms with Crippen molar-refractivity contribution < 1.29 is 9.53 Å². The monoisotopic (exact) mass is 349 g/mol. The predicted molar refractivity (Wildman–Crippen MR) is 103 cm³/mol. The van der Waals surface area contributed by atoms with Crippen LogP contribution in [0.15, 0.2) is 5.11 Å². The van der Waals surface area contributed by atoms with E-state index in [2.05, 4.69) is 28.8 Å². The molecule has 0 aromatic carbocycles. The van der Waals surface area contributed by atoms with Crippen LogP contribution in [0.1, 0.15) is 97.3 Å². The summed E-state index contributed by atoms with van der Waals surface area (Å²) in [5, 5.41) is 3.45. The van der Waals surface area contributed by atoms with Gasteiger partial charge in [0.15, 0.2) is 0 Å². The van der Waals surface area contributed by atoms with E-state index in [0.29, 0.717) is 0 Å². The van der Waals surface area contributed by atoms with Crippen molar-refractivity contribution in [1.29, 1.82) is 0 Å². The lowest BCUT2D eigenvalue weighted by Gasteiger charge is -2.05. The lowest BCUT2D eigenvalue weighted by atomic mass is 10.1. The zero-order valence-corrected chi connectivity index (χ0v) is 16.1. The Morgan fingerprint density at radius 2 is 1.52 bits per heavy atom. The van der Waals surface area contributed by atoms with Crippen LogP contribution in [-0.2, 0) is 9.53 Å². The molecule has 0 aliphatic rings. The molecule has 0 radical (unpaired) electrons. The molecule has 0 heterocycles. The first-order valence-electron chi connectivity index (χ1n) is 9.92. The molecule has 1 unspecified atom stereocenters. The number of hydrogen-bond donors (Lipinski definition) is 0. The molecule has 25 heavy (non-hydrogen) atoms. The Kier molecular flexibility index (Phi) is 17.4. The van der Waals surface area contributed by atoms with Crippen molar-refractivity contribution in [2.24, 2.45) is 5.11 Å². The quantitative estimate of drug-likeness (QED) is 0.0865. The fraction of sp³-hybridized carbons (Fsp3) is 0.850. The van der Waals surface area contributed by atoms with Gasteiger partial charge < -0.3 is 4.74 Å². The number of carbonyl (C=O) groups excluding carboxylic acids is 1. The molecule has 0 aliphatic carbocycles. The Bertz CT molecular complexity index is 434. The fourth-order valence-corrected chi connectivity index (χ4v) is 2.61. The molecular formula is C20H35N3O2. The SMILES string of the molecule is CCCCCCCCCCCCCC#CCC(N=[N+]=[N-])C(=O)OCC. The standard InChI is InChI=1S/C20H35N3O2/c1-3-5-6-7-8-9-10-11-12-13-14-15-16-17-18-19(22-23-21)20(24)25-4-2/h19H,3-15,18H2,1-2H3. The largest absolute Gasteiger partial charge is 0.466 e. The Morgan fingerprint density at radius 3 is 2.04 bits per heavy atom. The molecule has 0 saturated heterocycles. The second kappa shape index (κ2) is 18.7. The van der Waals surface area contributed by atoms with Gasteiger partial charge in [0.05, 0.1) is 6.61 Å². The van der Waals surface area contributed by atoms with Crippen LogP contribution >= 0.6 is 0 Å². The van der Waals surface area contributed by atoms with Gasteiger partial charge in [0.2, 0.25) is 0 Å². The molecular weight excluding hydrogens is 314 g/mol. The highest BCUT2D eigenvalue weighted by Crippen LogP contribution is 2.11. The molecule has 5 heteroatoms. The Labute approximate surface area is 153 Å². The smallest absolute Gasteiger partial charge is 0.315 e. The van der Waals surface area contributed by atoms with E-state index in [1.807, 2.05) is 0 Å². The third kappa shape index (κ3) is 15.6. The van der Waals surface area contributed by atoms with Crippen molar-refractivity contribution in [2.45, 2.75) is 103 Å². The minimum absolute atomic E-state index is 0.237. The molecule has 0 spiro atoms. The van der Waals surface area contributed by atoms with Crippen LogP contribution in [0.25, 0.3) is 10.4 Å². The summed E-state index contributed by atoms with van der Waals surface area (Å²) in [5.41, 5.74) is 8.47. The van der Waals surface area contributed by atoms with Gasteiger partial charge in [-0.2, -0.15) is 0 Å². The van der Waals surface area contributed by atoms with Crippen molar-refractivity contribution in [3.05, 3.63) is 10.4 Å². The van der Waals surface area contributed by atoms with Crippen molar-refractivity contribution in [2.75, 3.05) is 6.61 Å². The summed E-state index contributed by atoms with van der Waals surface area (Å²) in [6.07, 6.45) is 15.6. The maximum Gasteiger partial charge on any atom is 0.315 e. The highest BCUT2D eigenvalue weighted by atomic mass is 16.5. The van der Waals surface area contributed by atoms with Crippen molar-refractivity contribution >= 4 is 5.97 Å². The van der Waals surface area contributed by atoms with E-state index >= 15 is 0 Å². The van der Waals surface area contributed by atoms with Gasteiger partial charge in [0, 0.05) is 17.8 Å². The average molecular weight is 350 g/mol. The van der Waals surface area contributed by atoms with Crippen molar-refractivity contribution in [1.82, 2.24) is 0 Å². The number of carbonyl (C=O) groups is 1. The lowest BCUT2D eigenvalue weighted by molar-refractivity contribution is -0.144. The highest BCUT2D eigenvalue weighted by molar-refractivity contribution is 5.76. The molecule has 0 saturated carbocycles. The first-order chi connectivity index (χ1) is 12.3. The summed E-state index contributed by atoms with van der Waals surface area (Å²) in [7, 11) is 0. The summed E-state index contributed by atoms with van der Waals surface area (Å²) in [4.78, 5) is 14.2. The number of hydrogen-bond acceptors (Lipinski definition) is 3. The minimum atomic E-state index is -0.824. The summed E-state index contributed by atoms with van der Waals surface area (Å²) in [5.74, 6) is 5.49. The van der Waals surface area contributed by atoms with Gasteiger partial charge in [-0.05, 0) is 18.9 Å². The van der Waals surface area contributed by atoms with E-state index in [0.717, 1.165) is 12.8 Å². The third-order valence-corrected chi connectivity index (χ3v) is 4.08. The van der Waals surface area contributed by atoms with Crippen LogP contribution in [0.2, 0.25) is 0 Å². The normalized spacial score (nSPS) is 11.1. The van der Waals surface area contributed by atoms with Crippen molar-refractivity contribution in [3.8, 4) is 11.8 Å². The van der Waals surface area contributed by atoms with Gasteiger partial charge in [-0.25, -0.2) is 0 Å². The first-order valence-corrected chi connectivity index (χ1v) is 9.92. The molecule has 0 N–H and O–H groups in total. The zero-order chi connectivity index (χ0) is 18.6. The molecule has 1 atom stereocenters. The molecule has 0 bridgehead atoms. The first kappa shape index (κ1) is 23.3. The van der Waals surface area contributed by atoms with E-state index < -0.39 is 12.0 Å². The molecule has 5 nitrogen and oxygen atoms in total. The second-order valence-electron chi connectivity index (χ2n) is 6.32. The lowest BCUT2D eigenvalue weighted by Crippen LogP contribution is -2.20. The number of rotatable bonds is 15. The van der Waals surface area contributed by atoms with Crippen LogP contribution in [0, 0.1) is 11.8 Å². The van der Waals surface area contributed by atoms with Gasteiger partial charge in [0.1, 0.15) is 6.04 Å². The average Bonchev–Trinajstić information content (AvgIpc) is 2.61. The summed E-state index contributed by atoms with van der Waals surface area (Å²) in [6, 6.07) is -0.824. The van der Waals surface area contributed by atoms with E-state index in [1.165, 1.54) is 64.2 Å². The van der Waals surface area contributed by atoms with Gasteiger partial charge in [0.25, 0.3) is 0 Å². The van der Waals surface area contributed by atoms with Crippen LogP contribution in [-0.4, -0.2) is 18.6 Å². The zero-order valence-electron chi connectivity index (χ0n) is 16.1. The van der Waals surface area contributed by atoms with Crippen LogP contribution in [0.3, 0.4) is 0 Å². The van der Waals surface area contributed by atoms with Gasteiger partial charge in [-0.15, -0.1) is 11.8 Å². The molecule has 0 fully saturated rings. The van der Waals surface area contributed by atoms with Crippen molar-refractivity contribution in [3.63, 3.8) is 0 Å². The third-order valence-electron chi connectivity index (χ3n) is 4.08. The molecule has 0 aromatic rings. The minimum Gasteiger partial charge on any atom is -0.466 e. The Hall–Kier alpha value is -1.66. The fourth-order valence-electron chi connectivity index (χ4n) is 2.61. The maximum absolute atomic E-state index is 11.5. The van der Waals surface area contributed by atoms with Gasteiger partial charge >= 0.3 is 5.97 Å². The maximum atomic E-state index is 11.5. The van der Waals surface area contributed by atoms with Crippen LogP contribution < -0.4 is 0 Å². The Balaban J connectivity index is 3.57. The van der Waals surface area contributed by atoms with E-state index in [4.69, 9.17) is 10.3 Å². The van der Waals surface area contributed by atoms with Crippen LogP contribution in [0.5, 0.6) is 0 Å². The second-order valence-corrected chi connectivity index (χ2v) is 6.32. The van der Waals surface area contributed by atoms with Crippen LogP contribution in [0.4, 0.5) is 0 Å². The number of esters is 1. The number of nitrogens with zero attached hydrogens (tertiary/aromatic N) is 3. The topological polar surface area (TPSA) is 75.1 Å². The molecule has 0 aliphatic heterocycles. The highest BCUT2D eigenvalue weighted by Gasteiger charge is 2.16.